The van der Waals surface area contributed by atoms with E-state index in [4.69, 9.17) is 4.74 Å². The lowest BCUT2D eigenvalue weighted by molar-refractivity contribution is -0.385. The van der Waals surface area contributed by atoms with Gasteiger partial charge in [0.2, 0.25) is 5.91 Å². The number of hydrogen-bond donors (Lipinski definition) is 1. The second-order valence-electron chi connectivity index (χ2n) is 6.81. The second kappa shape index (κ2) is 10.5. The van der Waals surface area contributed by atoms with E-state index in [1.165, 1.54) is 17.8 Å². The van der Waals surface area contributed by atoms with Gasteiger partial charge in [0.15, 0.2) is 0 Å². The zero-order valence-electron chi connectivity index (χ0n) is 16.7. The quantitative estimate of drug-likeness (QED) is 0.280. The molecule has 0 saturated heterocycles. The lowest BCUT2D eigenvalue weighted by Crippen LogP contribution is -2.20. The molecule has 31 heavy (non-hydrogen) atoms. The molecule has 0 aromatic heterocycles. The highest BCUT2D eigenvalue weighted by molar-refractivity contribution is 9.10. The predicted molar refractivity (Wildman–Crippen MR) is 122 cm³/mol. The molecule has 158 valence electrons. The van der Waals surface area contributed by atoms with E-state index < -0.39 is 10.8 Å². The van der Waals surface area contributed by atoms with Crippen LogP contribution in [-0.2, 0) is 17.8 Å². The number of ether oxygens (including phenoxy) is 1. The molecule has 0 fully saturated rings. The van der Waals surface area contributed by atoms with E-state index >= 15 is 0 Å². The first-order valence-corrected chi connectivity index (χ1v) is 10.2. The summed E-state index contributed by atoms with van der Waals surface area (Å²) in [5, 5.41) is 15.1. The maximum atomic E-state index is 12.2. The van der Waals surface area contributed by atoms with Crippen LogP contribution in [0.2, 0.25) is 0 Å². The van der Waals surface area contributed by atoms with E-state index in [0.717, 1.165) is 10.0 Å². The van der Waals surface area contributed by atoms with Gasteiger partial charge in [-0.05, 0) is 30.7 Å². The summed E-state index contributed by atoms with van der Waals surface area (Å²) in [6, 6.07) is 19.7. The van der Waals surface area contributed by atoms with Crippen LogP contribution in [0.3, 0.4) is 0 Å². The van der Waals surface area contributed by atoms with E-state index in [0.29, 0.717) is 23.5 Å². The molecular weight excluding hydrogens is 462 g/mol. The number of hydrogen-bond acceptors (Lipinski definition) is 5. The summed E-state index contributed by atoms with van der Waals surface area (Å²) < 4.78 is 6.75. The molecule has 0 aliphatic heterocycles. The number of nitrogens with zero attached hydrogens (tertiary/aromatic N) is 2. The van der Waals surface area contributed by atoms with Crippen molar-refractivity contribution in [3.05, 3.63) is 104 Å². The Hall–Kier alpha value is -3.52. The van der Waals surface area contributed by atoms with E-state index in [1.54, 1.807) is 18.2 Å². The van der Waals surface area contributed by atoms with Crippen LogP contribution in [0.5, 0.6) is 5.75 Å². The molecule has 0 aliphatic rings. The first-order valence-electron chi connectivity index (χ1n) is 9.44. The van der Waals surface area contributed by atoms with Crippen LogP contribution >= 0.6 is 15.9 Å². The highest BCUT2D eigenvalue weighted by atomic mass is 79.9. The van der Waals surface area contributed by atoms with Gasteiger partial charge < -0.3 is 4.74 Å². The molecule has 0 aliphatic carbocycles. The Morgan fingerprint density at radius 3 is 2.65 bits per heavy atom. The van der Waals surface area contributed by atoms with Gasteiger partial charge in [0.1, 0.15) is 12.4 Å². The molecule has 0 heterocycles. The summed E-state index contributed by atoms with van der Waals surface area (Å²) in [5.74, 6) is 0.156. The minimum absolute atomic E-state index is 0.0968. The Labute approximate surface area is 188 Å². The molecular formula is C23H20BrN3O4. The van der Waals surface area contributed by atoms with Gasteiger partial charge in [-0.1, -0.05) is 64.0 Å². The fourth-order valence-electron chi connectivity index (χ4n) is 2.82. The number of carbonyl (C=O) groups is 1. The number of rotatable bonds is 8. The van der Waals surface area contributed by atoms with Crippen LogP contribution < -0.4 is 10.2 Å². The smallest absolute Gasteiger partial charge is 0.273 e. The lowest BCUT2D eigenvalue weighted by atomic mass is 10.1. The maximum absolute atomic E-state index is 12.2. The number of aryl methyl sites for hydroxylation is 1. The summed E-state index contributed by atoms with van der Waals surface area (Å²) in [5.41, 5.74) is 5.52. The van der Waals surface area contributed by atoms with Crippen molar-refractivity contribution in [1.29, 1.82) is 0 Å². The molecule has 0 saturated carbocycles. The van der Waals surface area contributed by atoms with E-state index in [2.05, 4.69) is 26.5 Å². The molecule has 0 radical (unpaired) electrons. The van der Waals surface area contributed by atoms with Gasteiger partial charge >= 0.3 is 0 Å². The van der Waals surface area contributed by atoms with Crippen LogP contribution in [0.25, 0.3) is 0 Å². The third-order valence-corrected chi connectivity index (χ3v) is 4.91. The molecule has 8 heteroatoms. The van der Waals surface area contributed by atoms with Crippen LogP contribution in [0.4, 0.5) is 5.69 Å². The number of benzene rings is 3. The number of nitrogens with one attached hydrogen (secondary N) is 1. The van der Waals surface area contributed by atoms with Gasteiger partial charge in [0.05, 0.1) is 17.6 Å². The molecule has 1 N–H and O–H groups in total. The van der Waals surface area contributed by atoms with Crippen LogP contribution in [0.15, 0.2) is 76.3 Å². The SMILES string of the molecule is Cc1ccc(COc2ccc(Br)cc2/C=N/NC(=O)Cc2ccccc2[N+](=O)[O-])cc1. The van der Waals surface area contributed by atoms with Crippen LogP contribution in [0, 0.1) is 17.0 Å². The Morgan fingerprint density at radius 1 is 1.16 bits per heavy atom. The van der Waals surface area contributed by atoms with Crippen molar-refractivity contribution in [2.45, 2.75) is 20.0 Å². The van der Waals surface area contributed by atoms with E-state index in [-0.39, 0.29) is 12.1 Å². The van der Waals surface area contributed by atoms with Gasteiger partial charge in [-0.3, -0.25) is 14.9 Å². The number of nitro benzene ring substituents is 1. The highest BCUT2D eigenvalue weighted by Crippen LogP contribution is 2.23. The highest BCUT2D eigenvalue weighted by Gasteiger charge is 2.15. The summed E-state index contributed by atoms with van der Waals surface area (Å²) in [6.07, 6.45) is 1.33. The number of nitro groups is 1. The fourth-order valence-corrected chi connectivity index (χ4v) is 3.20. The van der Waals surface area contributed by atoms with Crippen molar-refractivity contribution in [2.75, 3.05) is 0 Å². The van der Waals surface area contributed by atoms with Crippen molar-refractivity contribution in [1.82, 2.24) is 5.43 Å². The second-order valence-corrected chi connectivity index (χ2v) is 7.73. The monoisotopic (exact) mass is 481 g/mol. The molecule has 0 bridgehead atoms. The van der Waals surface area contributed by atoms with E-state index in [9.17, 15) is 14.9 Å². The fraction of sp³-hybridized carbons (Fsp3) is 0.130. The Kier molecular flexibility index (Phi) is 7.50. The molecule has 0 unspecified atom stereocenters. The third kappa shape index (κ3) is 6.48. The maximum Gasteiger partial charge on any atom is 0.273 e. The number of carbonyl (C=O) groups excluding carboxylic acids is 1. The largest absolute Gasteiger partial charge is 0.488 e. The first-order chi connectivity index (χ1) is 14.9. The molecule has 0 spiro atoms. The third-order valence-electron chi connectivity index (χ3n) is 4.42. The molecule has 3 rings (SSSR count). The Balaban J connectivity index is 1.65. The van der Waals surface area contributed by atoms with E-state index in [1.807, 2.05) is 49.4 Å². The summed E-state index contributed by atoms with van der Waals surface area (Å²) in [4.78, 5) is 22.7. The minimum atomic E-state index is -0.509. The Morgan fingerprint density at radius 2 is 1.90 bits per heavy atom. The normalized spacial score (nSPS) is 10.8. The summed E-state index contributed by atoms with van der Waals surface area (Å²) in [7, 11) is 0. The predicted octanol–water partition coefficient (Wildman–Crippen LogP) is 4.94. The van der Waals surface area contributed by atoms with Crippen molar-refractivity contribution < 1.29 is 14.5 Å². The molecule has 7 nitrogen and oxygen atoms in total. The van der Waals surface area contributed by atoms with Gasteiger partial charge in [-0.25, -0.2) is 5.43 Å². The zero-order valence-corrected chi connectivity index (χ0v) is 18.3. The summed E-state index contributed by atoms with van der Waals surface area (Å²) >= 11 is 3.42. The number of hydrazone groups is 1. The lowest BCUT2D eigenvalue weighted by Gasteiger charge is -2.10. The van der Waals surface area contributed by atoms with Crippen molar-refractivity contribution in [2.24, 2.45) is 5.10 Å². The number of halogens is 1. The molecule has 3 aromatic carbocycles. The standard InChI is InChI=1S/C23H20BrN3O4/c1-16-6-8-17(9-7-16)15-31-22-11-10-20(24)12-19(22)14-25-26-23(28)13-18-4-2-3-5-21(18)27(29)30/h2-12,14H,13,15H2,1H3,(H,26,28)/b25-14+. The number of amides is 1. The summed E-state index contributed by atoms with van der Waals surface area (Å²) in [6.45, 7) is 2.42. The van der Waals surface area contributed by atoms with Crippen LogP contribution in [0.1, 0.15) is 22.3 Å². The van der Waals surface area contributed by atoms with Crippen LogP contribution in [-0.4, -0.2) is 17.0 Å². The van der Waals surface area contributed by atoms with Gasteiger partial charge in [-0.2, -0.15) is 5.10 Å². The zero-order chi connectivity index (χ0) is 22.2. The molecule has 0 atom stereocenters. The Bertz CT molecular complexity index is 1110. The average molecular weight is 482 g/mol. The topological polar surface area (TPSA) is 93.8 Å². The molecule has 1 amide bonds. The average Bonchev–Trinajstić information content (AvgIpc) is 2.74. The first kappa shape index (κ1) is 22.2. The van der Waals surface area contributed by atoms with Gasteiger partial charge in [-0.15, -0.1) is 0 Å². The molecule has 3 aromatic rings. The van der Waals surface area contributed by atoms with Crippen molar-refractivity contribution >= 4 is 33.7 Å². The van der Waals surface area contributed by atoms with Crippen molar-refractivity contribution in [3.63, 3.8) is 0 Å². The number of para-hydroxylation sites is 1. The van der Waals surface area contributed by atoms with Gasteiger partial charge in [0.25, 0.3) is 5.69 Å². The van der Waals surface area contributed by atoms with Gasteiger partial charge in [0, 0.05) is 21.7 Å². The minimum Gasteiger partial charge on any atom is -0.488 e. The van der Waals surface area contributed by atoms with Crippen molar-refractivity contribution in [3.8, 4) is 5.75 Å².